The Labute approximate surface area is 134 Å². The third kappa shape index (κ3) is 5.98. The zero-order valence-electron chi connectivity index (χ0n) is 12.2. The molecule has 0 aliphatic rings. The van der Waals surface area contributed by atoms with Crippen LogP contribution < -0.4 is 5.32 Å². The summed E-state index contributed by atoms with van der Waals surface area (Å²) in [6.07, 6.45) is 1.10. The molecule has 0 bridgehead atoms. The molecule has 0 aliphatic carbocycles. The Morgan fingerprint density at radius 1 is 1.43 bits per heavy atom. The monoisotopic (exact) mass is 329 g/mol. The van der Waals surface area contributed by atoms with Crippen molar-refractivity contribution in [2.75, 3.05) is 5.75 Å². The van der Waals surface area contributed by atoms with Crippen molar-refractivity contribution in [1.29, 1.82) is 0 Å². The van der Waals surface area contributed by atoms with Crippen molar-refractivity contribution >= 4 is 35.2 Å². The lowest BCUT2D eigenvalue weighted by Crippen LogP contribution is -2.52. The predicted molar refractivity (Wildman–Crippen MR) is 86.7 cm³/mol. The molecule has 0 saturated heterocycles. The van der Waals surface area contributed by atoms with Crippen molar-refractivity contribution in [3.63, 3.8) is 0 Å². The van der Waals surface area contributed by atoms with Gasteiger partial charge in [0.05, 0.1) is 5.75 Å². The molecule has 0 aromatic heterocycles. The van der Waals surface area contributed by atoms with E-state index in [1.54, 1.807) is 13.0 Å². The zero-order valence-corrected chi connectivity index (χ0v) is 13.8. The van der Waals surface area contributed by atoms with E-state index in [2.05, 4.69) is 5.32 Å². The first-order valence-corrected chi connectivity index (χ1v) is 8.27. The normalized spacial score (nSPS) is 13.5. The Kier molecular flexibility index (Phi) is 7.05. The summed E-state index contributed by atoms with van der Waals surface area (Å²) in [6.45, 7) is 3.43. The molecule has 1 aromatic rings. The lowest BCUT2D eigenvalue weighted by atomic mass is 9.96. The molecule has 0 aliphatic heterocycles. The Bertz CT molecular complexity index is 509. The number of rotatable bonds is 8. The molecule has 0 saturated carbocycles. The molecular formula is C15H20ClNO3S. The second kappa shape index (κ2) is 8.29. The van der Waals surface area contributed by atoms with Gasteiger partial charge in [-0.2, -0.15) is 0 Å². The number of benzene rings is 1. The quantitative estimate of drug-likeness (QED) is 0.767. The van der Waals surface area contributed by atoms with E-state index in [0.717, 1.165) is 5.56 Å². The lowest BCUT2D eigenvalue weighted by Gasteiger charge is -2.25. The van der Waals surface area contributed by atoms with Gasteiger partial charge in [0.1, 0.15) is 5.54 Å². The van der Waals surface area contributed by atoms with E-state index in [1.807, 2.05) is 25.1 Å². The van der Waals surface area contributed by atoms with Gasteiger partial charge in [-0.3, -0.25) is 4.79 Å². The topological polar surface area (TPSA) is 66.4 Å². The third-order valence-corrected chi connectivity index (χ3v) is 4.27. The molecule has 1 rings (SSSR count). The highest BCUT2D eigenvalue weighted by molar-refractivity contribution is 7.99. The number of carboxylic acid groups (broad SMARTS) is 1. The molecule has 2 N–H and O–H groups in total. The second-order valence-electron chi connectivity index (χ2n) is 5.06. The maximum atomic E-state index is 11.9. The highest BCUT2D eigenvalue weighted by Gasteiger charge is 2.33. The van der Waals surface area contributed by atoms with Crippen LogP contribution in [-0.2, 0) is 15.3 Å². The van der Waals surface area contributed by atoms with E-state index in [0.29, 0.717) is 23.6 Å². The van der Waals surface area contributed by atoms with Crippen molar-refractivity contribution in [2.45, 2.75) is 38.0 Å². The number of nitrogens with one attached hydrogen (secondary N) is 1. The van der Waals surface area contributed by atoms with Crippen LogP contribution in [0.5, 0.6) is 0 Å². The van der Waals surface area contributed by atoms with Crippen molar-refractivity contribution < 1.29 is 14.7 Å². The third-order valence-electron chi connectivity index (χ3n) is 3.03. The molecule has 4 nitrogen and oxygen atoms in total. The molecule has 21 heavy (non-hydrogen) atoms. The van der Waals surface area contributed by atoms with Crippen LogP contribution in [0, 0.1) is 0 Å². The van der Waals surface area contributed by atoms with Gasteiger partial charge in [-0.15, -0.1) is 11.8 Å². The van der Waals surface area contributed by atoms with Gasteiger partial charge in [-0.1, -0.05) is 37.1 Å². The number of carboxylic acids is 1. The van der Waals surface area contributed by atoms with Gasteiger partial charge in [0, 0.05) is 10.8 Å². The van der Waals surface area contributed by atoms with Crippen molar-refractivity contribution in [1.82, 2.24) is 5.32 Å². The smallest absolute Gasteiger partial charge is 0.329 e. The number of carbonyl (C=O) groups is 2. The van der Waals surface area contributed by atoms with Gasteiger partial charge in [0.15, 0.2) is 0 Å². The summed E-state index contributed by atoms with van der Waals surface area (Å²) in [5, 5.41) is 12.5. The summed E-state index contributed by atoms with van der Waals surface area (Å²) < 4.78 is 0. The Morgan fingerprint density at radius 2 is 2.14 bits per heavy atom. The fourth-order valence-electron chi connectivity index (χ4n) is 1.96. The Balaban J connectivity index is 2.45. The van der Waals surface area contributed by atoms with E-state index >= 15 is 0 Å². The number of hydrogen-bond acceptors (Lipinski definition) is 3. The van der Waals surface area contributed by atoms with E-state index in [1.165, 1.54) is 11.8 Å². The van der Waals surface area contributed by atoms with Crippen LogP contribution in [0.15, 0.2) is 24.3 Å². The maximum absolute atomic E-state index is 11.9. The molecule has 0 radical (unpaired) electrons. The largest absolute Gasteiger partial charge is 0.480 e. The van der Waals surface area contributed by atoms with Crippen LogP contribution in [0.4, 0.5) is 0 Å². The molecule has 0 spiro atoms. The molecule has 116 valence electrons. The number of carbonyl (C=O) groups excluding carboxylic acids is 1. The first-order chi connectivity index (χ1) is 9.87. The van der Waals surface area contributed by atoms with Gasteiger partial charge in [0.2, 0.25) is 5.91 Å². The highest BCUT2D eigenvalue weighted by Crippen LogP contribution is 2.17. The molecule has 1 unspecified atom stereocenters. The van der Waals surface area contributed by atoms with E-state index in [4.69, 9.17) is 11.6 Å². The van der Waals surface area contributed by atoms with Crippen LogP contribution in [-0.4, -0.2) is 28.3 Å². The summed E-state index contributed by atoms with van der Waals surface area (Å²) >= 11 is 7.32. The summed E-state index contributed by atoms with van der Waals surface area (Å²) in [5.74, 6) is -0.386. The van der Waals surface area contributed by atoms with Gasteiger partial charge >= 0.3 is 5.97 Å². The van der Waals surface area contributed by atoms with Crippen molar-refractivity contribution in [2.24, 2.45) is 0 Å². The lowest BCUT2D eigenvalue weighted by molar-refractivity contribution is -0.146. The first kappa shape index (κ1) is 17.9. The van der Waals surface area contributed by atoms with E-state index < -0.39 is 11.5 Å². The minimum atomic E-state index is -1.19. The summed E-state index contributed by atoms with van der Waals surface area (Å²) in [6, 6.07) is 7.45. The highest BCUT2D eigenvalue weighted by atomic mass is 35.5. The molecule has 1 amide bonds. The zero-order chi connectivity index (χ0) is 15.9. The minimum Gasteiger partial charge on any atom is -0.480 e. The van der Waals surface area contributed by atoms with Gasteiger partial charge in [0.25, 0.3) is 0 Å². The maximum Gasteiger partial charge on any atom is 0.329 e. The summed E-state index contributed by atoms with van der Waals surface area (Å²) in [7, 11) is 0. The van der Waals surface area contributed by atoms with Crippen LogP contribution in [0.3, 0.4) is 0 Å². The Hall–Kier alpha value is -1.20. The molecule has 1 atom stereocenters. The second-order valence-corrected chi connectivity index (χ2v) is 6.48. The van der Waals surface area contributed by atoms with Crippen LogP contribution >= 0.6 is 23.4 Å². The predicted octanol–water partition coefficient (Wildman–Crippen LogP) is 3.33. The first-order valence-electron chi connectivity index (χ1n) is 6.74. The fraction of sp³-hybridized carbons (Fsp3) is 0.467. The van der Waals surface area contributed by atoms with Gasteiger partial charge < -0.3 is 10.4 Å². The standard InChI is InChI=1S/C15H20ClNO3S/c1-3-7-15(2,14(19)20)17-13(18)10-21-9-11-5-4-6-12(16)8-11/h4-6,8H,3,7,9-10H2,1-2H3,(H,17,18)(H,19,20). The number of hydrogen-bond donors (Lipinski definition) is 2. The number of thioether (sulfide) groups is 1. The minimum absolute atomic E-state index is 0.221. The fourth-order valence-corrected chi connectivity index (χ4v) is 2.94. The number of aliphatic carboxylic acids is 1. The van der Waals surface area contributed by atoms with Crippen LogP contribution in [0.25, 0.3) is 0 Å². The number of amides is 1. The summed E-state index contributed by atoms with van der Waals surface area (Å²) in [4.78, 5) is 23.1. The molecule has 6 heteroatoms. The van der Waals surface area contributed by atoms with Crippen molar-refractivity contribution in [3.8, 4) is 0 Å². The van der Waals surface area contributed by atoms with E-state index in [9.17, 15) is 14.7 Å². The summed E-state index contributed by atoms with van der Waals surface area (Å²) in [5.41, 5.74) is -0.155. The SMILES string of the molecule is CCCC(C)(NC(=O)CSCc1cccc(Cl)c1)C(=O)O. The van der Waals surface area contributed by atoms with Crippen LogP contribution in [0.2, 0.25) is 5.02 Å². The molecule has 0 heterocycles. The number of halogens is 1. The van der Waals surface area contributed by atoms with E-state index in [-0.39, 0.29) is 11.7 Å². The van der Waals surface area contributed by atoms with Gasteiger partial charge in [-0.25, -0.2) is 4.79 Å². The molecule has 0 fully saturated rings. The Morgan fingerprint density at radius 3 is 2.71 bits per heavy atom. The molecule has 1 aromatic carbocycles. The van der Waals surface area contributed by atoms with Crippen molar-refractivity contribution in [3.05, 3.63) is 34.9 Å². The average Bonchev–Trinajstić information content (AvgIpc) is 2.38. The van der Waals surface area contributed by atoms with Gasteiger partial charge in [-0.05, 0) is 31.0 Å². The average molecular weight is 330 g/mol. The van der Waals surface area contributed by atoms with Crippen LogP contribution in [0.1, 0.15) is 32.3 Å². The molecular weight excluding hydrogens is 310 g/mol.